The minimum Gasteiger partial charge on any atom is -0.382 e. The molecular formula is C19H28O3. The van der Waals surface area contributed by atoms with Gasteiger partial charge in [-0.15, -0.1) is 0 Å². The lowest BCUT2D eigenvalue weighted by Crippen LogP contribution is -2.41. The van der Waals surface area contributed by atoms with Gasteiger partial charge in [-0.2, -0.15) is 0 Å². The molecule has 1 N–H and O–H groups in total. The quantitative estimate of drug-likeness (QED) is 0.580. The van der Waals surface area contributed by atoms with Gasteiger partial charge in [-0.25, -0.2) is 0 Å². The van der Waals surface area contributed by atoms with Crippen molar-refractivity contribution < 1.29 is 14.6 Å². The van der Waals surface area contributed by atoms with E-state index in [9.17, 15) is 9.90 Å². The summed E-state index contributed by atoms with van der Waals surface area (Å²) >= 11 is 0. The van der Waals surface area contributed by atoms with Crippen LogP contribution in [0.4, 0.5) is 0 Å². The lowest BCUT2D eigenvalue weighted by molar-refractivity contribution is -0.0963. The molecule has 3 atom stereocenters. The van der Waals surface area contributed by atoms with Gasteiger partial charge in [0.15, 0.2) is 5.78 Å². The van der Waals surface area contributed by atoms with E-state index in [-0.39, 0.29) is 18.0 Å². The van der Waals surface area contributed by atoms with E-state index in [0.29, 0.717) is 5.56 Å². The Bertz CT molecular complexity index is 443. The first-order valence-corrected chi connectivity index (χ1v) is 8.65. The molecule has 1 saturated heterocycles. The third kappa shape index (κ3) is 4.92. The van der Waals surface area contributed by atoms with Crippen molar-refractivity contribution in [3.63, 3.8) is 0 Å². The van der Waals surface area contributed by atoms with Gasteiger partial charge in [0.25, 0.3) is 0 Å². The van der Waals surface area contributed by atoms with E-state index in [4.69, 9.17) is 4.74 Å². The summed E-state index contributed by atoms with van der Waals surface area (Å²) in [7, 11) is 0. The lowest BCUT2D eigenvalue weighted by Gasteiger charge is -2.32. The summed E-state index contributed by atoms with van der Waals surface area (Å²) < 4.78 is 6.00. The molecule has 1 aliphatic rings. The summed E-state index contributed by atoms with van der Waals surface area (Å²) in [4.78, 5) is 12.3. The lowest BCUT2D eigenvalue weighted by atomic mass is 9.94. The first kappa shape index (κ1) is 17.2. The number of ketones is 1. The van der Waals surface area contributed by atoms with Crippen molar-refractivity contribution in [2.24, 2.45) is 0 Å². The van der Waals surface area contributed by atoms with Crippen LogP contribution in [0.25, 0.3) is 0 Å². The Morgan fingerprint density at radius 3 is 2.73 bits per heavy atom. The zero-order valence-electron chi connectivity index (χ0n) is 13.5. The zero-order valence-corrected chi connectivity index (χ0v) is 13.5. The molecule has 122 valence electrons. The van der Waals surface area contributed by atoms with Gasteiger partial charge in [-0.05, 0) is 25.7 Å². The summed E-state index contributed by atoms with van der Waals surface area (Å²) in [6, 6.07) is 9.00. The molecule has 0 saturated carbocycles. The van der Waals surface area contributed by atoms with E-state index >= 15 is 0 Å². The second-order valence-corrected chi connectivity index (χ2v) is 6.25. The fourth-order valence-corrected chi connectivity index (χ4v) is 3.12. The van der Waals surface area contributed by atoms with Gasteiger partial charge in [0, 0.05) is 5.56 Å². The van der Waals surface area contributed by atoms with Crippen LogP contribution in [0.15, 0.2) is 30.3 Å². The van der Waals surface area contributed by atoms with Gasteiger partial charge in [0.05, 0.1) is 12.2 Å². The van der Waals surface area contributed by atoms with Crippen LogP contribution in [0, 0.1) is 0 Å². The third-order valence-electron chi connectivity index (χ3n) is 4.44. The molecule has 0 bridgehead atoms. The number of benzene rings is 1. The van der Waals surface area contributed by atoms with Crippen LogP contribution in [-0.2, 0) is 4.74 Å². The molecule has 3 heteroatoms. The third-order valence-corrected chi connectivity index (χ3v) is 4.44. The Morgan fingerprint density at radius 1 is 1.23 bits per heavy atom. The number of aliphatic hydroxyl groups excluding tert-OH is 1. The van der Waals surface area contributed by atoms with Crippen LogP contribution in [0.1, 0.15) is 68.6 Å². The smallest absolute Gasteiger partial charge is 0.193 e. The van der Waals surface area contributed by atoms with E-state index in [1.807, 2.05) is 18.2 Å². The van der Waals surface area contributed by atoms with Crippen LogP contribution in [-0.4, -0.2) is 29.2 Å². The first-order chi connectivity index (χ1) is 10.7. The molecule has 1 aliphatic heterocycles. The van der Waals surface area contributed by atoms with Crippen LogP contribution in [0.3, 0.4) is 0 Å². The standard InChI is InChI=1S/C19H28O3/c1-2-3-4-8-12-16-13-9-14-17(22-16)19(21)18(20)15-10-6-5-7-11-15/h5-7,10-11,16-17,19,21H,2-4,8-9,12-14H2,1H3/t16-,17+,19-/m0/s1. The largest absolute Gasteiger partial charge is 0.382 e. The van der Waals surface area contributed by atoms with Gasteiger partial charge in [-0.1, -0.05) is 62.9 Å². The molecule has 0 spiro atoms. The number of carbonyl (C=O) groups excluding carboxylic acids is 1. The molecule has 1 aromatic carbocycles. The minimum absolute atomic E-state index is 0.203. The maximum atomic E-state index is 12.3. The highest BCUT2D eigenvalue weighted by molar-refractivity contribution is 5.99. The van der Waals surface area contributed by atoms with Crippen molar-refractivity contribution in [2.75, 3.05) is 0 Å². The highest BCUT2D eigenvalue weighted by Crippen LogP contribution is 2.26. The predicted octanol–water partition coefficient (Wildman–Crippen LogP) is 4.14. The van der Waals surface area contributed by atoms with Gasteiger partial charge in [-0.3, -0.25) is 4.79 Å². The van der Waals surface area contributed by atoms with Crippen LogP contribution >= 0.6 is 0 Å². The predicted molar refractivity (Wildman–Crippen MR) is 88.1 cm³/mol. The van der Waals surface area contributed by atoms with E-state index in [1.54, 1.807) is 12.1 Å². The number of rotatable bonds is 8. The number of hydrogen-bond donors (Lipinski definition) is 1. The summed E-state index contributed by atoms with van der Waals surface area (Å²) in [6.45, 7) is 2.21. The normalized spacial score (nSPS) is 23.2. The maximum absolute atomic E-state index is 12.3. The Morgan fingerprint density at radius 2 is 2.00 bits per heavy atom. The van der Waals surface area contributed by atoms with Crippen LogP contribution in [0.5, 0.6) is 0 Å². The zero-order chi connectivity index (χ0) is 15.8. The highest BCUT2D eigenvalue weighted by Gasteiger charge is 2.32. The average molecular weight is 304 g/mol. The van der Waals surface area contributed by atoms with Crippen molar-refractivity contribution >= 4 is 5.78 Å². The van der Waals surface area contributed by atoms with E-state index in [0.717, 1.165) is 25.7 Å². The topological polar surface area (TPSA) is 46.5 Å². The van der Waals surface area contributed by atoms with E-state index < -0.39 is 6.10 Å². The number of aliphatic hydroxyl groups is 1. The first-order valence-electron chi connectivity index (χ1n) is 8.65. The monoisotopic (exact) mass is 304 g/mol. The summed E-state index contributed by atoms with van der Waals surface area (Å²) in [5, 5.41) is 10.3. The Labute approximate surface area is 133 Å². The van der Waals surface area contributed by atoms with Gasteiger partial charge >= 0.3 is 0 Å². The Hall–Kier alpha value is -1.19. The molecule has 1 fully saturated rings. The molecule has 1 heterocycles. The molecule has 0 aromatic heterocycles. The molecule has 0 radical (unpaired) electrons. The number of unbranched alkanes of at least 4 members (excludes halogenated alkanes) is 3. The highest BCUT2D eigenvalue weighted by atomic mass is 16.5. The Balaban J connectivity index is 1.84. The fourth-order valence-electron chi connectivity index (χ4n) is 3.12. The maximum Gasteiger partial charge on any atom is 0.193 e. The summed E-state index contributed by atoms with van der Waals surface area (Å²) in [6.07, 6.45) is 7.63. The van der Waals surface area contributed by atoms with Crippen molar-refractivity contribution in [2.45, 2.75) is 76.6 Å². The van der Waals surface area contributed by atoms with Gasteiger partial charge in [0.2, 0.25) is 0 Å². The molecule has 0 amide bonds. The second kappa shape index (κ2) is 9.06. The molecule has 2 rings (SSSR count). The van der Waals surface area contributed by atoms with E-state index in [1.165, 1.54) is 25.7 Å². The SMILES string of the molecule is CCCCCC[C@H]1CCC[C@H]([C@H](O)C(=O)c2ccccc2)O1. The molecule has 0 aliphatic carbocycles. The van der Waals surface area contributed by atoms with Crippen LogP contribution < -0.4 is 0 Å². The summed E-state index contributed by atoms with van der Waals surface area (Å²) in [5.41, 5.74) is 0.559. The van der Waals surface area contributed by atoms with Crippen LogP contribution in [0.2, 0.25) is 0 Å². The van der Waals surface area contributed by atoms with Crippen molar-refractivity contribution in [3.8, 4) is 0 Å². The fraction of sp³-hybridized carbons (Fsp3) is 0.632. The average Bonchev–Trinajstić information content (AvgIpc) is 2.58. The summed E-state index contributed by atoms with van der Waals surface area (Å²) in [5.74, 6) is -0.225. The van der Waals surface area contributed by atoms with E-state index in [2.05, 4.69) is 6.92 Å². The number of ether oxygens (including phenoxy) is 1. The number of Topliss-reactive ketones (excluding diaryl/α,β-unsaturated/α-hetero) is 1. The van der Waals surface area contributed by atoms with Crippen molar-refractivity contribution in [1.82, 2.24) is 0 Å². The van der Waals surface area contributed by atoms with Crippen molar-refractivity contribution in [1.29, 1.82) is 0 Å². The molecule has 3 nitrogen and oxygen atoms in total. The second-order valence-electron chi connectivity index (χ2n) is 6.25. The Kier molecular flexibility index (Phi) is 7.07. The van der Waals surface area contributed by atoms with Gasteiger partial charge < -0.3 is 9.84 Å². The molecule has 22 heavy (non-hydrogen) atoms. The number of carbonyl (C=O) groups is 1. The molecule has 0 unspecified atom stereocenters. The number of hydrogen-bond acceptors (Lipinski definition) is 3. The molecular weight excluding hydrogens is 276 g/mol. The van der Waals surface area contributed by atoms with Gasteiger partial charge in [0.1, 0.15) is 6.10 Å². The molecule has 1 aromatic rings. The van der Waals surface area contributed by atoms with Crippen molar-refractivity contribution in [3.05, 3.63) is 35.9 Å². The minimum atomic E-state index is -1.04.